The van der Waals surface area contributed by atoms with Gasteiger partial charge in [-0.05, 0) is 43.4 Å². The first kappa shape index (κ1) is 13.0. The summed E-state index contributed by atoms with van der Waals surface area (Å²) in [6.45, 7) is 0.670. The lowest BCUT2D eigenvalue weighted by Gasteiger charge is -2.09. The minimum absolute atomic E-state index is 0.226. The zero-order valence-corrected chi connectivity index (χ0v) is 12.0. The van der Waals surface area contributed by atoms with Crippen molar-refractivity contribution in [1.82, 2.24) is 5.32 Å². The second kappa shape index (κ2) is 6.00. The number of carbonyl (C=O) groups excluding carboxylic acids is 1. The number of rotatable bonds is 5. The molecule has 2 nitrogen and oxygen atoms in total. The summed E-state index contributed by atoms with van der Waals surface area (Å²) in [5, 5.41) is 3.83. The Balaban J connectivity index is 1.48. The van der Waals surface area contributed by atoms with Gasteiger partial charge in [0, 0.05) is 22.6 Å². The van der Waals surface area contributed by atoms with E-state index in [0.717, 1.165) is 18.1 Å². The third kappa shape index (κ3) is 3.75. The summed E-state index contributed by atoms with van der Waals surface area (Å²) in [6.07, 6.45) is 7.66. The van der Waals surface area contributed by atoms with Gasteiger partial charge in [0.05, 0.1) is 0 Å². The summed E-state index contributed by atoms with van der Waals surface area (Å²) < 4.78 is 0. The van der Waals surface area contributed by atoms with Crippen molar-refractivity contribution in [2.45, 2.75) is 55.2 Å². The number of benzene rings is 1. The topological polar surface area (TPSA) is 29.1 Å². The Bertz CT molecular complexity index is 433. The molecule has 0 atom stereocenters. The van der Waals surface area contributed by atoms with E-state index in [2.05, 4.69) is 29.6 Å². The Morgan fingerprint density at radius 3 is 2.42 bits per heavy atom. The molecule has 0 unspecified atom stereocenters. The van der Waals surface area contributed by atoms with E-state index in [4.69, 9.17) is 0 Å². The van der Waals surface area contributed by atoms with E-state index < -0.39 is 0 Å². The van der Waals surface area contributed by atoms with Crippen LogP contribution in [0.15, 0.2) is 29.2 Å². The minimum atomic E-state index is 0.226. The second-order valence-electron chi connectivity index (χ2n) is 5.66. The predicted molar refractivity (Wildman–Crippen MR) is 79.1 cm³/mol. The molecule has 2 aliphatic rings. The van der Waals surface area contributed by atoms with Crippen molar-refractivity contribution in [1.29, 1.82) is 0 Å². The highest BCUT2D eigenvalue weighted by Crippen LogP contribution is 2.34. The summed E-state index contributed by atoms with van der Waals surface area (Å²) in [7, 11) is 0. The molecule has 0 aromatic heterocycles. The van der Waals surface area contributed by atoms with Gasteiger partial charge in [0.25, 0.3) is 0 Å². The van der Waals surface area contributed by atoms with Gasteiger partial charge in [0.2, 0.25) is 5.91 Å². The van der Waals surface area contributed by atoms with E-state index in [1.54, 1.807) is 0 Å². The lowest BCUT2D eigenvalue weighted by atomic mass is 10.2. The van der Waals surface area contributed by atoms with Crippen molar-refractivity contribution in [2.24, 2.45) is 5.92 Å². The van der Waals surface area contributed by atoms with E-state index in [-0.39, 0.29) is 5.91 Å². The van der Waals surface area contributed by atoms with E-state index in [9.17, 15) is 4.79 Å². The molecule has 3 rings (SSSR count). The lowest BCUT2D eigenvalue weighted by molar-refractivity contribution is -0.122. The molecule has 0 saturated heterocycles. The summed E-state index contributed by atoms with van der Waals surface area (Å²) in [5.74, 6) is 0.529. The number of carbonyl (C=O) groups is 1. The SMILES string of the molecule is O=C(NCc1ccc(SC2CCCC2)cc1)C1CC1. The fourth-order valence-electron chi connectivity index (χ4n) is 2.56. The van der Waals surface area contributed by atoms with Crippen LogP contribution in [0.4, 0.5) is 0 Å². The highest BCUT2D eigenvalue weighted by molar-refractivity contribution is 8.00. The second-order valence-corrected chi connectivity index (χ2v) is 7.03. The maximum Gasteiger partial charge on any atom is 0.223 e. The van der Waals surface area contributed by atoms with E-state index in [1.807, 2.05) is 11.8 Å². The maximum absolute atomic E-state index is 11.6. The average Bonchev–Trinajstić information content (AvgIpc) is 3.17. The van der Waals surface area contributed by atoms with Crippen LogP contribution in [0, 0.1) is 5.92 Å². The van der Waals surface area contributed by atoms with Crippen LogP contribution < -0.4 is 5.32 Å². The molecule has 1 amide bonds. The van der Waals surface area contributed by atoms with Crippen molar-refractivity contribution < 1.29 is 4.79 Å². The Labute approximate surface area is 119 Å². The van der Waals surface area contributed by atoms with Crippen LogP contribution in [-0.2, 0) is 11.3 Å². The zero-order chi connectivity index (χ0) is 13.1. The van der Waals surface area contributed by atoms with Crippen LogP contribution in [0.5, 0.6) is 0 Å². The van der Waals surface area contributed by atoms with Crippen LogP contribution in [0.25, 0.3) is 0 Å². The van der Waals surface area contributed by atoms with Crippen molar-refractivity contribution >= 4 is 17.7 Å². The molecule has 19 heavy (non-hydrogen) atoms. The number of nitrogens with one attached hydrogen (secondary N) is 1. The summed E-state index contributed by atoms with van der Waals surface area (Å²) >= 11 is 2.01. The van der Waals surface area contributed by atoms with Crippen LogP contribution in [0.1, 0.15) is 44.1 Å². The fraction of sp³-hybridized carbons (Fsp3) is 0.562. The Hall–Kier alpha value is -0.960. The molecular formula is C16H21NOS. The van der Waals surface area contributed by atoms with Gasteiger partial charge >= 0.3 is 0 Å². The van der Waals surface area contributed by atoms with Crippen LogP contribution in [0.2, 0.25) is 0 Å². The molecular weight excluding hydrogens is 254 g/mol. The first-order valence-electron chi connectivity index (χ1n) is 7.34. The molecule has 0 heterocycles. The van der Waals surface area contributed by atoms with Gasteiger partial charge in [-0.25, -0.2) is 0 Å². The Morgan fingerprint density at radius 1 is 1.11 bits per heavy atom. The summed E-state index contributed by atoms with van der Waals surface area (Å²) in [5.41, 5.74) is 1.20. The largest absolute Gasteiger partial charge is 0.352 e. The number of thioether (sulfide) groups is 1. The van der Waals surface area contributed by atoms with Crippen molar-refractivity contribution in [2.75, 3.05) is 0 Å². The smallest absolute Gasteiger partial charge is 0.223 e. The Morgan fingerprint density at radius 2 is 1.79 bits per heavy atom. The normalized spacial score (nSPS) is 19.6. The molecule has 0 bridgehead atoms. The van der Waals surface area contributed by atoms with E-state index in [1.165, 1.54) is 36.1 Å². The van der Waals surface area contributed by atoms with Gasteiger partial charge in [-0.2, -0.15) is 0 Å². The standard InChI is InChI=1S/C16H21NOS/c18-16(13-7-8-13)17-11-12-5-9-15(10-6-12)19-14-3-1-2-4-14/h5-6,9-10,13-14H,1-4,7-8,11H2,(H,17,18). The molecule has 1 aromatic carbocycles. The van der Waals surface area contributed by atoms with Gasteiger partial charge in [-0.3, -0.25) is 4.79 Å². The number of amides is 1. The van der Waals surface area contributed by atoms with Gasteiger partial charge < -0.3 is 5.32 Å². The first-order valence-corrected chi connectivity index (χ1v) is 8.22. The molecule has 1 N–H and O–H groups in total. The molecule has 2 fully saturated rings. The van der Waals surface area contributed by atoms with Crippen molar-refractivity contribution in [3.63, 3.8) is 0 Å². The molecule has 0 aliphatic heterocycles. The first-order chi connectivity index (χ1) is 9.31. The predicted octanol–water partition coefficient (Wildman–Crippen LogP) is 3.75. The van der Waals surface area contributed by atoms with Crippen molar-refractivity contribution in [3.8, 4) is 0 Å². The van der Waals surface area contributed by atoms with E-state index >= 15 is 0 Å². The third-order valence-electron chi connectivity index (χ3n) is 3.94. The number of hydrogen-bond acceptors (Lipinski definition) is 2. The van der Waals surface area contributed by atoms with Gasteiger partial charge in [-0.15, -0.1) is 11.8 Å². The molecule has 0 spiro atoms. The summed E-state index contributed by atoms with van der Waals surface area (Å²) in [4.78, 5) is 12.9. The maximum atomic E-state index is 11.6. The van der Waals surface area contributed by atoms with Gasteiger partial charge in [0.15, 0.2) is 0 Å². The Kier molecular flexibility index (Phi) is 4.12. The summed E-state index contributed by atoms with van der Waals surface area (Å²) in [6, 6.07) is 8.68. The van der Waals surface area contributed by atoms with Crippen LogP contribution in [0.3, 0.4) is 0 Å². The van der Waals surface area contributed by atoms with Crippen LogP contribution >= 0.6 is 11.8 Å². The average molecular weight is 275 g/mol. The third-order valence-corrected chi connectivity index (χ3v) is 5.29. The highest BCUT2D eigenvalue weighted by Gasteiger charge is 2.29. The zero-order valence-electron chi connectivity index (χ0n) is 11.2. The van der Waals surface area contributed by atoms with Crippen molar-refractivity contribution in [3.05, 3.63) is 29.8 Å². The van der Waals surface area contributed by atoms with Gasteiger partial charge in [-0.1, -0.05) is 25.0 Å². The highest BCUT2D eigenvalue weighted by atomic mass is 32.2. The monoisotopic (exact) mass is 275 g/mol. The van der Waals surface area contributed by atoms with Gasteiger partial charge in [0.1, 0.15) is 0 Å². The minimum Gasteiger partial charge on any atom is -0.352 e. The molecule has 3 heteroatoms. The molecule has 1 aromatic rings. The van der Waals surface area contributed by atoms with Crippen LogP contribution in [-0.4, -0.2) is 11.2 Å². The fourth-order valence-corrected chi connectivity index (χ4v) is 3.81. The molecule has 2 aliphatic carbocycles. The molecule has 102 valence electrons. The quantitative estimate of drug-likeness (QED) is 0.886. The number of hydrogen-bond donors (Lipinski definition) is 1. The lowest BCUT2D eigenvalue weighted by Crippen LogP contribution is -2.24. The molecule has 0 radical (unpaired) electrons. The molecule has 2 saturated carbocycles. The van der Waals surface area contributed by atoms with E-state index in [0.29, 0.717) is 12.5 Å².